The summed E-state index contributed by atoms with van der Waals surface area (Å²) < 4.78 is 5.89. The van der Waals surface area contributed by atoms with E-state index in [4.69, 9.17) is 4.74 Å². The standard InChI is InChI=1S/C16H24N2O/c1-13-5-2-3-7-16(13)19-10-9-18-11-14-6-4-8-17-15(14)12-18/h2-3,5,7,14-15,17H,4,6,8-12H2,1H3/t14-,15+/m0/s1. The zero-order valence-corrected chi connectivity index (χ0v) is 11.8. The highest BCUT2D eigenvalue weighted by Gasteiger charge is 2.33. The molecule has 3 nitrogen and oxygen atoms in total. The number of hydrogen-bond acceptors (Lipinski definition) is 3. The van der Waals surface area contributed by atoms with Crippen molar-refractivity contribution in [1.29, 1.82) is 0 Å². The third-order valence-electron chi connectivity index (χ3n) is 4.43. The van der Waals surface area contributed by atoms with Crippen molar-refractivity contribution >= 4 is 0 Å². The van der Waals surface area contributed by atoms with Gasteiger partial charge >= 0.3 is 0 Å². The molecule has 3 rings (SSSR count). The predicted molar refractivity (Wildman–Crippen MR) is 77.6 cm³/mol. The van der Waals surface area contributed by atoms with Crippen LogP contribution < -0.4 is 10.1 Å². The molecule has 0 aromatic heterocycles. The number of hydrogen-bond donors (Lipinski definition) is 1. The Hall–Kier alpha value is -1.06. The molecule has 2 saturated heterocycles. The van der Waals surface area contributed by atoms with Crippen molar-refractivity contribution in [3.05, 3.63) is 29.8 Å². The van der Waals surface area contributed by atoms with Crippen molar-refractivity contribution in [3.8, 4) is 5.75 Å². The van der Waals surface area contributed by atoms with Crippen LogP contribution in [0.1, 0.15) is 18.4 Å². The molecule has 2 aliphatic heterocycles. The second kappa shape index (κ2) is 5.93. The summed E-state index contributed by atoms with van der Waals surface area (Å²) in [5, 5.41) is 3.65. The first kappa shape index (κ1) is 12.9. The molecular weight excluding hydrogens is 236 g/mol. The van der Waals surface area contributed by atoms with Gasteiger partial charge < -0.3 is 10.1 Å². The largest absolute Gasteiger partial charge is 0.492 e. The number of benzene rings is 1. The fraction of sp³-hybridized carbons (Fsp3) is 0.625. The normalized spacial score (nSPS) is 27.2. The van der Waals surface area contributed by atoms with E-state index in [1.165, 1.54) is 38.0 Å². The molecule has 2 heterocycles. The van der Waals surface area contributed by atoms with Crippen LogP contribution in [0.15, 0.2) is 24.3 Å². The Morgan fingerprint density at radius 2 is 2.21 bits per heavy atom. The van der Waals surface area contributed by atoms with Crippen molar-refractivity contribution in [2.24, 2.45) is 5.92 Å². The summed E-state index contributed by atoms with van der Waals surface area (Å²) >= 11 is 0. The van der Waals surface area contributed by atoms with Crippen LogP contribution >= 0.6 is 0 Å². The summed E-state index contributed by atoms with van der Waals surface area (Å²) in [6.07, 6.45) is 2.74. The number of likely N-dealkylation sites (tertiary alicyclic amines) is 1. The molecule has 104 valence electrons. The summed E-state index contributed by atoms with van der Waals surface area (Å²) in [4.78, 5) is 2.55. The van der Waals surface area contributed by atoms with Crippen molar-refractivity contribution < 1.29 is 4.74 Å². The van der Waals surface area contributed by atoms with Gasteiger partial charge in [0, 0.05) is 25.7 Å². The van der Waals surface area contributed by atoms with E-state index >= 15 is 0 Å². The third-order valence-corrected chi connectivity index (χ3v) is 4.43. The van der Waals surface area contributed by atoms with Gasteiger partial charge in [-0.05, 0) is 43.9 Å². The van der Waals surface area contributed by atoms with Gasteiger partial charge in [0.2, 0.25) is 0 Å². The molecule has 1 aromatic rings. The molecule has 2 atom stereocenters. The maximum atomic E-state index is 5.89. The zero-order valence-electron chi connectivity index (χ0n) is 11.8. The number of ether oxygens (including phenoxy) is 1. The number of nitrogens with zero attached hydrogens (tertiary/aromatic N) is 1. The molecular formula is C16H24N2O. The number of fused-ring (bicyclic) bond motifs is 1. The van der Waals surface area contributed by atoms with Gasteiger partial charge in [0.25, 0.3) is 0 Å². The smallest absolute Gasteiger partial charge is 0.122 e. The minimum atomic E-state index is 0.729. The zero-order chi connectivity index (χ0) is 13.1. The van der Waals surface area contributed by atoms with E-state index in [2.05, 4.69) is 35.3 Å². The number of nitrogens with one attached hydrogen (secondary N) is 1. The van der Waals surface area contributed by atoms with Crippen LogP contribution in [0.4, 0.5) is 0 Å². The van der Waals surface area contributed by atoms with E-state index in [0.29, 0.717) is 0 Å². The number of piperidine rings is 1. The van der Waals surface area contributed by atoms with Crippen LogP contribution in [-0.4, -0.2) is 43.7 Å². The lowest BCUT2D eigenvalue weighted by atomic mass is 9.94. The van der Waals surface area contributed by atoms with Crippen LogP contribution in [0, 0.1) is 12.8 Å². The molecule has 0 bridgehead atoms. The summed E-state index contributed by atoms with van der Waals surface area (Å²) in [6.45, 7) is 7.59. The monoisotopic (exact) mass is 260 g/mol. The van der Waals surface area contributed by atoms with Crippen molar-refractivity contribution in [1.82, 2.24) is 10.2 Å². The molecule has 0 spiro atoms. The second-order valence-corrected chi connectivity index (χ2v) is 5.84. The van der Waals surface area contributed by atoms with Crippen molar-refractivity contribution in [2.75, 3.05) is 32.8 Å². The van der Waals surface area contributed by atoms with E-state index in [9.17, 15) is 0 Å². The lowest BCUT2D eigenvalue weighted by molar-refractivity contribution is 0.231. The van der Waals surface area contributed by atoms with Gasteiger partial charge in [0.15, 0.2) is 0 Å². The van der Waals surface area contributed by atoms with E-state index in [1.54, 1.807) is 0 Å². The summed E-state index contributed by atoms with van der Waals surface area (Å²) in [6, 6.07) is 8.98. The van der Waals surface area contributed by atoms with Crippen molar-refractivity contribution in [2.45, 2.75) is 25.8 Å². The maximum Gasteiger partial charge on any atom is 0.122 e. The predicted octanol–water partition coefficient (Wildman–Crippen LogP) is 2.06. The lowest BCUT2D eigenvalue weighted by Crippen LogP contribution is -2.40. The Bertz CT molecular complexity index is 407. The summed E-state index contributed by atoms with van der Waals surface area (Å²) in [7, 11) is 0. The highest BCUT2D eigenvalue weighted by Crippen LogP contribution is 2.24. The SMILES string of the molecule is Cc1ccccc1OCCN1C[C@@H]2CCCN[C@@H]2C1. The molecule has 2 aliphatic rings. The van der Waals surface area contributed by atoms with Gasteiger partial charge in [0.05, 0.1) is 0 Å². The summed E-state index contributed by atoms with van der Waals surface area (Å²) in [5.41, 5.74) is 1.22. The van der Waals surface area contributed by atoms with E-state index < -0.39 is 0 Å². The van der Waals surface area contributed by atoms with Gasteiger partial charge in [-0.25, -0.2) is 0 Å². The lowest BCUT2D eigenvalue weighted by Gasteiger charge is -2.24. The average molecular weight is 260 g/mol. The topological polar surface area (TPSA) is 24.5 Å². The first-order valence-electron chi connectivity index (χ1n) is 7.47. The molecule has 1 aromatic carbocycles. The molecule has 0 radical (unpaired) electrons. The molecule has 2 fully saturated rings. The maximum absolute atomic E-state index is 5.89. The molecule has 0 saturated carbocycles. The van der Waals surface area contributed by atoms with Gasteiger partial charge in [0.1, 0.15) is 12.4 Å². The molecule has 1 N–H and O–H groups in total. The molecule has 0 unspecified atom stereocenters. The van der Waals surface area contributed by atoms with Gasteiger partial charge in [-0.3, -0.25) is 4.90 Å². The minimum absolute atomic E-state index is 0.729. The van der Waals surface area contributed by atoms with Crippen LogP contribution in [0.2, 0.25) is 0 Å². The second-order valence-electron chi connectivity index (χ2n) is 5.84. The van der Waals surface area contributed by atoms with Gasteiger partial charge in [-0.1, -0.05) is 18.2 Å². The van der Waals surface area contributed by atoms with Crippen LogP contribution in [0.25, 0.3) is 0 Å². The Labute approximate surface area is 115 Å². The highest BCUT2D eigenvalue weighted by molar-refractivity contribution is 5.31. The fourth-order valence-electron chi connectivity index (χ4n) is 3.32. The average Bonchev–Trinajstić information content (AvgIpc) is 2.83. The Morgan fingerprint density at radius 1 is 1.32 bits per heavy atom. The van der Waals surface area contributed by atoms with Crippen molar-refractivity contribution in [3.63, 3.8) is 0 Å². The van der Waals surface area contributed by atoms with Gasteiger partial charge in [-0.2, -0.15) is 0 Å². The summed E-state index contributed by atoms with van der Waals surface area (Å²) in [5.74, 6) is 1.89. The van der Waals surface area contributed by atoms with Crippen LogP contribution in [0.3, 0.4) is 0 Å². The van der Waals surface area contributed by atoms with E-state index in [0.717, 1.165) is 30.9 Å². The fourth-order valence-corrected chi connectivity index (χ4v) is 3.32. The molecule has 0 amide bonds. The van der Waals surface area contributed by atoms with E-state index in [-0.39, 0.29) is 0 Å². The first-order chi connectivity index (χ1) is 9.33. The Morgan fingerprint density at radius 3 is 3.05 bits per heavy atom. The van der Waals surface area contributed by atoms with Crippen LogP contribution in [0.5, 0.6) is 5.75 Å². The Kier molecular flexibility index (Phi) is 4.04. The third kappa shape index (κ3) is 3.10. The minimum Gasteiger partial charge on any atom is -0.492 e. The molecule has 19 heavy (non-hydrogen) atoms. The number of para-hydroxylation sites is 1. The highest BCUT2D eigenvalue weighted by atomic mass is 16.5. The van der Waals surface area contributed by atoms with E-state index in [1.807, 2.05) is 6.07 Å². The molecule has 0 aliphatic carbocycles. The quantitative estimate of drug-likeness (QED) is 0.897. The first-order valence-corrected chi connectivity index (χ1v) is 7.47. The molecule has 3 heteroatoms. The Balaban J connectivity index is 1.45. The number of aryl methyl sites for hydroxylation is 1. The number of rotatable bonds is 4. The van der Waals surface area contributed by atoms with Crippen LogP contribution in [-0.2, 0) is 0 Å². The van der Waals surface area contributed by atoms with Gasteiger partial charge in [-0.15, -0.1) is 0 Å².